The van der Waals surface area contributed by atoms with Gasteiger partial charge < -0.3 is 15.7 Å². The molecule has 9 heteroatoms. The lowest BCUT2D eigenvalue weighted by molar-refractivity contribution is -0.142. The first-order chi connectivity index (χ1) is 17.7. The van der Waals surface area contributed by atoms with Crippen LogP contribution in [0.3, 0.4) is 0 Å². The molecular formula is C28H37N3O6. The Bertz CT molecular complexity index is 1050. The molecule has 0 saturated heterocycles. The van der Waals surface area contributed by atoms with E-state index in [0.717, 1.165) is 30.5 Å². The van der Waals surface area contributed by atoms with Crippen molar-refractivity contribution in [1.82, 2.24) is 16.1 Å². The number of nitrogens with one attached hydrogen (secondary N) is 3. The average molecular weight is 512 g/mol. The normalized spacial score (nSPS) is 11.7. The summed E-state index contributed by atoms with van der Waals surface area (Å²) in [4.78, 5) is 47.4. The molecule has 0 aromatic heterocycles. The number of amides is 2. The summed E-state index contributed by atoms with van der Waals surface area (Å²) in [6.07, 6.45) is 3.10. The van der Waals surface area contributed by atoms with Crippen molar-refractivity contribution in [2.45, 2.75) is 52.5 Å². The highest BCUT2D eigenvalue weighted by atomic mass is 16.5. The van der Waals surface area contributed by atoms with Gasteiger partial charge in [0.25, 0.3) is 5.91 Å². The van der Waals surface area contributed by atoms with E-state index in [1.165, 1.54) is 5.48 Å². The zero-order chi connectivity index (χ0) is 27.2. The third kappa shape index (κ3) is 10.1. The molecule has 2 aromatic rings. The van der Waals surface area contributed by atoms with Gasteiger partial charge in [-0.3, -0.25) is 19.6 Å². The summed E-state index contributed by atoms with van der Waals surface area (Å²) in [5.74, 6) is -3.32. The van der Waals surface area contributed by atoms with Crippen molar-refractivity contribution < 1.29 is 29.5 Å². The van der Waals surface area contributed by atoms with Gasteiger partial charge in [-0.15, -0.1) is 0 Å². The van der Waals surface area contributed by atoms with Gasteiger partial charge in [-0.25, -0.2) is 10.3 Å². The average Bonchev–Trinajstić information content (AvgIpc) is 2.89. The molecule has 0 heterocycles. The number of hydroxylamine groups is 1. The Balaban J connectivity index is 1.63. The van der Waals surface area contributed by atoms with Gasteiger partial charge in [-0.05, 0) is 54.5 Å². The second kappa shape index (κ2) is 15.5. The molecule has 9 nitrogen and oxygen atoms in total. The first-order valence-corrected chi connectivity index (χ1v) is 12.6. The maximum absolute atomic E-state index is 12.2. The SMILES string of the molecule is CC(C)CC(C(=O)NO)C(=O)NCC(=O)CCCCCNCc1ccc(-c2ccccc2C(=O)O)cc1. The smallest absolute Gasteiger partial charge is 0.336 e. The molecule has 2 rings (SSSR count). The quantitative estimate of drug-likeness (QED) is 0.100. The van der Waals surface area contributed by atoms with Crippen LogP contribution in [0.25, 0.3) is 11.1 Å². The molecule has 0 fully saturated rings. The molecule has 0 aliphatic carbocycles. The molecule has 1 atom stereocenters. The highest BCUT2D eigenvalue weighted by Gasteiger charge is 2.27. The maximum Gasteiger partial charge on any atom is 0.336 e. The topological polar surface area (TPSA) is 145 Å². The predicted molar refractivity (Wildman–Crippen MR) is 140 cm³/mol. The Morgan fingerprint density at radius 2 is 1.59 bits per heavy atom. The van der Waals surface area contributed by atoms with E-state index >= 15 is 0 Å². The molecule has 1 unspecified atom stereocenters. The monoisotopic (exact) mass is 511 g/mol. The zero-order valence-electron chi connectivity index (χ0n) is 21.5. The molecule has 0 spiro atoms. The second-order valence-electron chi connectivity index (χ2n) is 9.45. The Labute approximate surface area is 217 Å². The van der Waals surface area contributed by atoms with Gasteiger partial charge in [0.1, 0.15) is 5.92 Å². The van der Waals surface area contributed by atoms with Crippen molar-refractivity contribution in [2.75, 3.05) is 13.1 Å². The fourth-order valence-corrected chi connectivity index (χ4v) is 3.98. The van der Waals surface area contributed by atoms with Crippen LogP contribution in [-0.2, 0) is 20.9 Å². The molecule has 0 aliphatic heterocycles. The summed E-state index contributed by atoms with van der Waals surface area (Å²) >= 11 is 0. The molecule has 0 saturated carbocycles. The Kier molecular flexibility index (Phi) is 12.5. The Morgan fingerprint density at radius 1 is 0.892 bits per heavy atom. The number of ketones is 1. The van der Waals surface area contributed by atoms with Crippen LogP contribution in [-0.4, -0.2) is 47.0 Å². The van der Waals surface area contributed by atoms with Gasteiger partial charge in [-0.2, -0.15) is 0 Å². The Hall–Kier alpha value is -3.56. The number of hydrogen-bond donors (Lipinski definition) is 5. The number of rotatable bonds is 16. The standard InChI is InChI=1S/C28H37N3O6/c1-19(2)16-25(27(34)31-37)26(33)30-18-22(32)8-4-3-7-15-29-17-20-11-13-21(14-12-20)23-9-5-6-10-24(23)28(35)36/h5-6,9-14,19,25,29,37H,3-4,7-8,15-18H2,1-2H3,(H,30,33)(H,31,34)(H,35,36). The van der Waals surface area contributed by atoms with Crippen molar-refractivity contribution in [3.63, 3.8) is 0 Å². The molecule has 37 heavy (non-hydrogen) atoms. The number of carbonyl (C=O) groups excluding carboxylic acids is 3. The van der Waals surface area contributed by atoms with Crippen LogP contribution in [0.15, 0.2) is 48.5 Å². The molecule has 200 valence electrons. The zero-order valence-corrected chi connectivity index (χ0v) is 21.5. The number of aromatic carboxylic acids is 1. The molecule has 5 N–H and O–H groups in total. The number of unbranched alkanes of at least 4 members (excludes halogenated alkanes) is 2. The van der Waals surface area contributed by atoms with E-state index < -0.39 is 23.7 Å². The van der Waals surface area contributed by atoms with E-state index in [9.17, 15) is 24.3 Å². The van der Waals surface area contributed by atoms with E-state index in [2.05, 4.69) is 10.6 Å². The molecule has 2 amide bonds. The molecule has 0 aliphatic rings. The van der Waals surface area contributed by atoms with Gasteiger partial charge in [0.05, 0.1) is 12.1 Å². The fourth-order valence-electron chi connectivity index (χ4n) is 3.98. The van der Waals surface area contributed by atoms with Gasteiger partial charge in [0.2, 0.25) is 5.91 Å². The molecule has 0 radical (unpaired) electrons. The van der Waals surface area contributed by atoms with Crippen molar-refractivity contribution >= 4 is 23.6 Å². The largest absolute Gasteiger partial charge is 0.478 e. The van der Waals surface area contributed by atoms with Crippen molar-refractivity contribution in [1.29, 1.82) is 0 Å². The molecule has 2 aromatic carbocycles. The van der Waals surface area contributed by atoms with Crippen LogP contribution in [0.2, 0.25) is 0 Å². The summed E-state index contributed by atoms with van der Waals surface area (Å²) in [5, 5.41) is 24.1. The minimum atomic E-state index is -1.03. The minimum Gasteiger partial charge on any atom is -0.478 e. The predicted octanol–water partition coefficient (Wildman–Crippen LogP) is 3.55. The van der Waals surface area contributed by atoms with E-state index in [-0.39, 0.29) is 30.2 Å². The number of hydrogen-bond acceptors (Lipinski definition) is 6. The third-order valence-corrected chi connectivity index (χ3v) is 5.97. The fraction of sp³-hybridized carbons (Fsp3) is 0.429. The highest BCUT2D eigenvalue weighted by Crippen LogP contribution is 2.24. The summed E-state index contributed by atoms with van der Waals surface area (Å²) < 4.78 is 0. The van der Waals surface area contributed by atoms with Crippen molar-refractivity contribution in [3.05, 3.63) is 59.7 Å². The summed E-state index contributed by atoms with van der Waals surface area (Å²) in [6, 6.07) is 14.7. The third-order valence-electron chi connectivity index (χ3n) is 5.97. The lowest BCUT2D eigenvalue weighted by Gasteiger charge is -2.16. The second-order valence-corrected chi connectivity index (χ2v) is 9.45. The van der Waals surface area contributed by atoms with Crippen LogP contribution in [0.5, 0.6) is 0 Å². The summed E-state index contributed by atoms with van der Waals surface area (Å²) in [6.45, 7) is 5.08. The maximum atomic E-state index is 12.2. The van der Waals surface area contributed by atoms with Gasteiger partial charge in [0.15, 0.2) is 5.78 Å². The number of Topliss-reactive ketones (excluding diaryl/α,β-unsaturated/α-hetero) is 1. The van der Waals surface area contributed by atoms with E-state index in [0.29, 0.717) is 24.9 Å². The number of carbonyl (C=O) groups is 4. The van der Waals surface area contributed by atoms with Crippen LogP contribution in [0.4, 0.5) is 0 Å². The summed E-state index contributed by atoms with van der Waals surface area (Å²) in [5.41, 5.74) is 4.43. The van der Waals surface area contributed by atoms with Crippen LogP contribution in [0, 0.1) is 11.8 Å². The number of benzene rings is 2. The first-order valence-electron chi connectivity index (χ1n) is 12.6. The van der Waals surface area contributed by atoms with Crippen LogP contribution < -0.4 is 16.1 Å². The number of carboxylic acid groups (broad SMARTS) is 1. The van der Waals surface area contributed by atoms with Gasteiger partial charge in [-0.1, -0.05) is 62.7 Å². The van der Waals surface area contributed by atoms with Crippen molar-refractivity contribution in [2.24, 2.45) is 11.8 Å². The van der Waals surface area contributed by atoms with Crippen LogP contribution in [0.1, 0.15) is 61.9 Å². The number of carboxylic acids is 1. The van der Waals surface area contributed by atoms with Gasteiger partial charge in [0, 0.05) is 13.0 Å². The molecular weight excluding hydrogens is 474 g/mol. The lowest BCUT2D eigenvalue weighted by atomic mass is 9.95. The van der Waals surface area contributed by atoms with E-state index in [4.69, 9.17) is 5.21 Å². The summed E-state index contributed by atoms with van der Waals surface area (Å²) in [7, 11) is 0. The van der Waals surface area contributed by atoms with Crippen molar-refractivity contribution in [3.8, 4) is 11.1 Å². The van der Waals surface area contributed by atoms with E-state index in [1.807, 2.05) is 44.2 Å². The minimum absolute atomic E-state index is 0.0815. The van der Waals surface area contributed by atoms with Gasteiger partial charge >= 0.3 is 5.97 Å². The van der Waals surface area contributed by atoms with Crippen LogP contribution >= 0.6 is 0 Å². The molecule has 0 bridgehead atoms. The first kappa shape index (κ1) is 29.7. The van der Waals surface area contributed by atoms with E-state index in [1.54, 1.807) is 18.2 Å². The lowest BCUT2D eigenvalue weighted by Crippen LogP contribution is -2.42. The Morgan fingerprint density at radius 3 is 2.24 bits per heavy atom. The highest BCUT2D eigenvalue weighted by molar-refractivity contribution is 6.01.